The van der Waals surface area contributed by atoms with Crippen LogP contribution in [0.15, 0.2) is 95.5 Å². The third kappa shape index (κ3) is 1.70. The molecule has 0 heterocycles. The van der Waals surface area contributed by atoms with Gasteiger partial charge in [0.15, 0.2) is 0 Å². The highest BCUT2D eigenvalue weighted by Crippen LogP contribution is 2.66. The summed E-state index contributed by atoms with van der Waals surface area (Å²) in [4.78, 5) is 0. The van der Waals surface area contributed by atoms with Crippen LogP contribution < -0.4 is 0 Å². The zero-order chi connectivity index (χ0) is 18.2. The Hall–Kier alpha value is -2.38. The summed E-state index contributed by atoms with van der Waals surface area (Å²) < 4.78 is 1.14. The van der Waals surface area contributed by atoms with Crippen molar-refractivity contribution in [3.05, 3.63) is 118 Å². The number of hydrogen-bond donors (Lipinski definition) is 0. The summed E-state index contributed by atoms with van der Waals surface area (Å²) >= 11 is 3.70. The minimum atomic E-state index is -0.126. The summed E-state index contributed by atoms with van der Waals surface area (Å²) in [6, 6.07) is 24.9. The molecular weight excluding hydrogens is 392 g/mol. The van der Waals surface area contributed by atoms with E-state index < -0.39 is 0 Å². The zero-order valence-electron chi connectivity index (χ0n) is 15.1. The van der Waals surface area contributed by atoms with Crippen LogP contribution in [0.3, 0.4) is 0 Å². The Kier molecular flexibility index (Phi) is 2.96. The maximum atomic E-state index is 3.70. The van der Waals surface area contributed by atoms with Crippen molar-refractivity contribution in [2.45, 2.75) is 17.8 Å². The van der Waals surface area contributed by atoms with Crippen LogP contribution in [0.1, 0.15) is 29.2 Å². The van der Waals surface area contributed by atoms with E-state index in [9.17, 15) is 0 Å². The van der Waals surface area contributed by atoms with E-state index in [1.165, 1.54) is 33.4 Å². The van der Waals surface area contributed by atoms with Crippen molar-refractivity contribution in [2.24, 2.45) is 5.92 Å². The molecule has 3 aromatic carbocycles. The molecule has 0 aliphatic heterocycles. The lowest BCUT2D eigenvalue weighted by Crippen LogP contribution is -2.38. The van der Waals surface area contributed by atoms with Crippen molar-refractivity contribution in [1.82, 2.24) is 0 Å². The molecule has 0 fully saturated rings. The average Bonchev–Trinajstić information content (AvgIpc) is 3.12. The molecular formula is C26H19Br. The standard InChI is InChI=1S/C26H19Br/c1-25-15-7-6-12-24(25)26(23-11-5-4-10-22(23)25)20-9-3-2-8-18(20)19-16-17(27)13-14-21(19)26/h2-16,24H,1H3. The average molecular weight is 411 g/mol. The van der Waals surface area contributed by atoms with E-state index in [1.54, 1.807) is 0 Å². The van der Waals surface area contributed by atoms with Gasteiger partial charge in [-0.05, 0) is 45.5 Å². The summed E-state index contributed by atoms with van der Waals surface area (Å²) in [5.74, 6) is 0.371. The van der Waals surface area contributed by atoms with Crippen LogP contribution in [0.25, 0.3) is 11.1 Å². The SMILES string of the molecule is CC12C=CC=CC1C1(c3ccccc3-c3cc(Br)ccc31)c1ccccc12. The number of hydrogen-bond acceptors (Lipinski definition) is 0. The minimum Gasteiger partial charge on any atom is -0.0787 e. The number of allylic oxidation sites excluding steroid dienone is 4. The van der Waals surface area contributed by atoms with Gasteiger partial charge in [-0.1, -0.05) is 102 Å². The smallest absolute Gasteiger partial charge is 0.0540 e. The second-order valence-electron chi connectivity index (χ2n) is 8.09. The molecule has 3 atom stereocenters. The highest BCUT2D eigenvalue weighted by molar-refractivity contribution is 9.10. The van der Waals surface area contributed by atoms with E-state index in [-0.39, 0.29) is 10.8 Å². The summed E-state index contributed by atoms with van der Waals surface area (Å²) in [6.45, 7) is 2.41. The molecule has 3 unspecified atom stereocenters. The molecule has 1 spiro atoms. The first-order chi connectivity index (χ1) is 13.2. The van der Waals surface area contributed by atoms with Crippen LogP contribution in [0.2, 0.25) is 0 Å². The Morgan fingerprint density at radius 1 is 0.741 bits per heavy atom. The maximum Gasteiger partial charge on any atom is 0.0540 e. The molecule has 3 aliphatic rings. The highest BCUT2D eigenvalue weighted by atomic mass is 79.9. The van der Waals surface area contributed by atoms with Gasteiger partial charge in [0.05, 0.1) is 5.41 Å². The summed E-state index contributed by atoms with van der Waals surface area (Å²) in [6.07, 6.45) is 9.30. The van der Waals surface area contributed by atoms with E-state index in [0.717, 1.165) is 4.47 Å². The Labute approximate surface area is 168 Å². The lowest BCUT2D eigenvalue weighted by Gasteiger charge is -2.40. The predicted molar refractivity (Wildman–Crippen MR) is 115 cm³/mol. The van der Waals surface area contributed by atoms with Crippen molar-refractivity contribution < 1.29 is 0 Å². The quantitative estimate of drug-likeness (QED) is 0.383. The normalized spacial score (nSPS) is 28.7. The van der Waals surface area contributed by atoms with Crippen molar-refractivity contribution in [3.8, 4) is 11.1 Å². The molecule has 3 aliphatic carbocycles. The molecule has 6 rings (SSSR count). The van der Waals surface area contributed by atoms with Crippen LogP contribution in [0.5, 0.6) is 0 Å². The van der Waals surface area contributed by atoms with Crippen molar-refractivity contribution >= 4 is 15.9 Å². The fourth-order valence-electron chi connectivity index (χ4n) is 5.97. The minimum absolute atomic E-state index is 0.00708. The van der Waals surface area contributed by atoms with Gasteiger partial charge in [0, 0.05) is 15.8 Å². The lowest BCUT2D eigenvalue weighted by molar-refractivity contribution is 0.372. The number of rotatable bonds is 0. The van der Waals surface area contributed by atoms with Gasteiger partial charge in [0.1, 0.15) is 0 Å². The second-order valence-corrected chi connectivity index (χ2v) is 9.01. The topological polar surface area (TPSA) is 0 Å². The second kappa shape index (κ2) is 5.11. The first-order valence-corrected chi connectivity index (χ1v) is 10.3. The van der Waals surface area contributed by atoms with E-state index >= 15 is 0 Å². The van der Waals surface area contributed by atoms with Gasteiger partial charge in [0.25, 0.3) is 0 Å². The largest absolute Gasteiger partial charge is 0.0787 e. The molecule has 0 bridgehead atoms. The molecule has 27 heavy (non-hydrogen) atoms. The van der Waals surface area contributed by atoms with Crippen LogP contribution in [-0.2, 0) is 10.8 Å². The van der Waals surface area contributed by atoms with Crippen LogP contribution >= 0.6 is 15.9 Å². The summed E-state index contributed by atoms with van der Waals surface area (Å²) in [5.41, 5.74) is 8.42. The van der Waals surface area contributed by atoms with Crippen molar-refractivity contribution in [3.63, 3.8) is 0 Å². The monoisotopic (exact) mass is 410 g/mol. The summed E-state index contributed by atoms with van der Waals surface area (Å²) in [7, 11) is 0. The molecule has 0 nitrogen and oxygen atoms in total. The van der Waals surface area contributed by atoms with Crippen LogP contribution in [0, 0.1) is 5.92 Å². The fraction of sp³-hybridized carbons (Fsp3) is 0.154. The van der Waals surface area contributed by atoms with Gasteiger partial charge in [0.2, 0.25) is 0 Å². The molecule has 3 aromatic rings. The molecule has 0 radical (unpaired) electrons. The Bertz CT molecular complexity index is 1170. The van der Waals surface area contributed by atoms with Gasteiger partial charge in [-0.15, -0.1) is 0 Å². The summed E-state index contributed by atoms with van der Waals surface area (Å²) in [5, 5.41) is 0. The first kappa shape index (κ1) is 15.7. The molecule has 130 valence electrons. The van der Waals surface area contributed by atoms with Gasteiger partial charge in [-0.3, -0.25) is 0 Å². The van der Waals surface area contributed by atoms with Gasteiger partial charge >= 0.3 is 0 Å². The predicted octanol–water partition coefficient (Wildman–Crippen LogP) is 6.78. The molecule has 0 amide bonds. The molecule has 0 saturated heterocycles. The third-order valence-corrected chi connectivity index (χ3v) is 7.44. The van der Waals surface area contributed by atoms with Gasteiger partial charge in [-0.25, -0.2) is 0 Å². The van der Waals surface area contributed by atoms with Gasteiger partial charge < -0.3 is 0 Å². The Morgan fingerprint density at radius 3 is 2.30 bits per heavy atom. The fourth-order valence-corrected chi connectivity index (χ4v) is 6.33. The number of benzene rings is 3. The molecule has 0 aromatic heterocycles. The van der Waals surface area contributed by atoms with E-state index in [0.29, 0.717) is 5.92 Å². The van der Waals surface area contributed by atoms with Crippen LogP contribution in [0.4, 0.5) is 0 Å². The van der Waals surface area contributed by atoms with E-state index in [4.69, 9.17) is 0 Å². The third-order valence-electron chi connectivity index (χ3n) is 6.95. The maximum absolute atomic E-state index is 3.70. The number of halogens is 1. The number of fused-ring (bicyclic) bond motifs is 10. The first-order valence-electron chi connectivity index (χ1n) is 9.53. The lowest BCUT2D eigenvalue weighted by atomic mass is 9.61. The Balaban J connectivity index is 1.82. The van der Waals surface area contributed by atoms with Gasteiger partial charge in [-0.2, -0.15) is 0 Å². The van der Waals surface area contributed by atoms with E-state index in [1.807, 2.05) is 0 Å². The Morgan fingerprint density at radius 2 is 1.44 bits per heavy atom. The zero-order valence-corrected chi connectivity index (χ0v) is 16.7. The molecule has 0 N–H and O–H groups in total. The highest BCUT2D eigenvalue weighted by Gasteiger charge is 2.61. The van der Waals surface area contributed by atoms with Crippen molar-refractivity contribution in [1.29, 1.82) is 0 Å². The molecule has 0 saturated carbocycles. The van der Waals surface area contributed by atoms with E-state index in [2.05, 4.69) is 114 Å². The molecule has 1 heteroatoms. The van der Waals surface area contributed by atoms with Crippen molar-refractivity contribution in [2.75, 3.05) is 0 Å². The van der Waals surface area contributed by atoms with Crippen LogP contribution in [-0.4, -0.2) is 0 Å².